The molecule has 1 N–H and O–H groups in total. The lowest BCUT2D eigenvalue weighted by Crippen LogP contribution is -2.39. The van der Waals surface area contributed by atoms with Crippen molar-refractivity contribution in [2.45, 2.75) is 25.8 Å². The van der Waals surface area contributed by atoms with Gasteiger partial charge in [0, 0.05) is 31.5 Å². The molecule has 0 aliphatic carbocycles. The van der Waals surface area contributed by atoms with Crippen molar-refractivity contribution in [2.24, 2.45) is 0 Å². The molecule has 1 fully saturated rings. The fourth-order valence-electron chi connectivity index (χ4n) is 3.50. The summed E-state index contributed by atoms with van der Waals surface area (Å²) in [7, 11) is 1.73. The SMILES string of the molecule is COc1ccccc1N1CCC(Nc2nccn3nc(C)cc23)CC1. The zero-order valence-electron chi connectivity index (χ0n) is 14.6. The molecule has 4 rings (SSSR count). The highest BCUT2D eigenvalue weighted by Gasteiger charge is 2.22. The maximum absolute atomic E-state index is 5.49. The first-order chi connectivity index (χ1) is 12.2. The third-order valence-electron chi connectivity index (χ3n) is 4.77. The summed E-state index contributed by atoms with van der Waals surface area (Å²) in [6, 6.07) is 10.7. The average molecular weight is 337 g/mol. The Morgan fingerprint density at radius 1 is 1.20 bits per heavy atom. The first-order valence-corrected chi connectivity index (χ1v) is 8.70. The quantitative estimate of drug-likeness (QED) is 0.793. The van der Waals surface area contributed by atoms with Crippen molar-refractivity contribution in [3.63, 3.8) is 0 Å². The Hall–Kier alpha value is -2.76. The van der Waals surface area contributed by atoms with E-state index < -0.39 is 0 Å². The van der Waals surface area contributed by atoms with Gasteiger partial charge in [0.2, 0.25) is 0 Å². The van der Waals surface area contributed by atoms with Crippen molar-refractivity contribution >= 4 is 17.0 Å². The van der Waals surface area contributed by atoms with Crippen molar-refractivity contribution in [1.29, 1.82) is 0 Å². The first-order valence-electron chi connectivity index (χ1n) is 8.70. The second-order valence-corrected chi connectivity index (χ2v) is 6.47. The lowest BCUT2D eigenvalue weighted by molar-refractivity contribution is 0.411. The number of fused-ring (bicyclic) bond motifs is 1. The van der Waals surface area contributed by atoms with Gasteiger partial charge in [-0.1, -0.05) is 12.1 Å². The van der Waals surface area contributed by atoms with Gasteiger partial charge in [-0.25, -0.2) is 9.50 Å². The van der Waals surface area contributed by atoms with Crippen LogP contribution in [0, 0.1) is 6.92 Å². The van der Waals surface area contributed by atoms with Gasteiger partial charge in [-0.2, -0.15) is 5.10 Å². The summed E-state index contributed by atoms with van der Waals surface area (Å²) < 4.78 is 7.38. The summed E-state index contributed by atoms with van der Waals surface area (Å²) in [6.45, 7) is 4.00. The van der Waals surface area contributed by atoms with E-state index in [-0.39, 0.29) is 0 Å². The van der Waals surface area contributed by atoms with E-state index in [1.807, 2.05) is 29.8 Å². The summed E-state index contributed by atoms with van der Waals surface area (Å²) in [5.41, 5.74) is 3.21. The van der Waals surface area contributed by atoms with Crippen molar-refractivity contribution in [1.82, 2.24) is 14.6 Å². The van der Waals surface area contributed by atoms with E-state index in [0.717, 1.165) is 48.7 Å². The molecular weight excluding hydrogens is 314 g/mol. The molecule has 3 heterocycles. The number of piperidine rings is 1. The Labute approximate surface area is 147 Å². The average Bonchev–Trinajstić information content (AvgIpc) is 3.04. The molecule has 0 bridgehead atoms. The molecule has 3 aromatic rings. The van der Waals surface area contributed by atoms with E-state index in [0.29, 0.717) is 6.04 Å². The Morgan fingerprint density at radius 3 is 2.80 bits per heavy atom. The summed E-state index contributed by atoms with van der Waals surface area (Å²) in [6.07, 6.45) is 5.81. The van der Waals surface area contributed by atoms with Gasteiger partial charge in [-0.05, 0) is 38.0 Å². The Morgan fingerprint density at radius 2 is 2.00 bits per heavy atom. The lowest BCUT2D eigenvalue weighted by Gasteiger charge is -2.34. The summed E-state index contributed by atoms with van der Waals surface area (Å²) in [5, 5.41) is 8.06. The number of anilines is 2. The monoisotopic (exact) mass is 337 g/mol. The molecule has 130 valence electrons. The van der Waals surface area contributed by atoms with Crippen molar-refractivity contribution in [3.05, 3.63) is 48.4 Å². The standard InChI is InChI=1S/C19H23N5O/c1-14-13-17-19(20-9-12-24(17)22-14)21-15-7-10-23(11-8-15)16-5-3-4-6-18(16)25-2/h3-6,9,12-13,15H,7-8,10-11H2,1-2H3,(H,20,21). The summed E-state index contributed by atoms with van der Waals surface area (Å²) in [4.78, 5) is 6.91. The topological polar surface area (TPSA) is 54.7 Å². The summed E-state index contributed by atoms with van der Waals surface area (Å²) in [5.74, 6) is 1.86. The number of hydrogen-bond acceptors (Lipinski definition) is 5. The number of nitrogens with zero attached hydrogens (tertiary/aromatic N) is 4. The first kappa shape index (κ1) is 15.7. The third kappa shape index (κ3) is 3.12. The normalized spacial score (nSPS) is 15.5. The molecule has 1 saturated heterocycles. The third-order valence-corrected chi connectivity index (χ3v) is 4.77. The number of methoxy groups -OCH3 is 1. The number of aryl methyl sites for hydroxylation is 1. The molecule has 0 radical (unpaired) electrons. The highest BCUT2D eigenvalue weighted by Crippen LogP contribution is 2.30. The van der Waals surface area contributed by atoms with Crippen LogP contribution in [0.5, 0.6) is 5.75 Å². The molecule has 1 aromatic carbocycles. The van der Waals surface area contributed by atoms with Crippen LogP contribution in [0.1, 0.15) is 18.5 Å². The molecule has 1 aliphatic rings. The van der Waals surface area contributed by atoms with Gasteiger partial charge in [-0.3, -0.25) is 0 Å². The molecule has 6 heteroatoms. The van der Waals surface area contributed by atoms with Crippen LogP contribution in [0.3, 0.4) is 0 Å². The van der Waals surface area contributed by atoms with Gasteiger partial charge in [0.05, 0.1) is 18.5 Å². The van der Waals surface area contributed by atoms with Crippen LogP contribution in [-0.2, 0) is 0 Å². The van der Waals surface area contributed by atoms with Gasteiger partial charge in [0.15, 0.2) is 5.82 Å². The second kappa shape index (κ2) is 6.63. The Balaban J connectivity index is 1.45. The Bertz CT molecular complexity index is 867. The van der Waals surface area contributed by atoms with Crippen LogP contribution in [0.25, 0.3) is 5.52 Å². The second-order valence-electron chi connectivity index (χ2n) is 6.47. The number of para-hydroxylation sites is 2. The molecule has 2 aromatic heterocycles. The molecule has 0 spiro atoms. The highest BCUT2D eigenvalue weighted by molar-refractivity contribution is 5.68. The molecule has 0 saturated carbocycles. The van der Waals surface area contributed by atoms with Crippen LogP contribution in [0.15, 0.2) is 42.7 Å². The van der Waals surface area contributed by atoms with Crippen LogP contribution in [-0.4, -0.2) is 40.8 Å². The predicted molar refractivity (Wildman–Crippen MR) is 99.6 cm³/mol. The van der Waals surface area contributed by atoms with Crippen LogP contribution >= 0.6 is 0 Å². The molecule has 25 heavy (non-hydrogen) atoms. The fourth-order valence-corrected chi connectivity index (χ4v) is 3.50. The minimum atomic E-state index is 0.417. The maximum atomic E-state index is 5.49. The number of hydrogen-bond donors (Lipinski definition) is 1. The highest BCUT2D eigenvalue weighted by atomic mass is 16.5. The minimum absolute atomic E-state index is 0.417. The van der Waals surface area contributed by atoms with Crippen molar-refractivity contribution in [3.8, 4) is 5.75 Å². The van der Waals surface area contributed by atoms with E-state index in [9.17, 15) is 0 Å². The zero-order valence-corrected chi connectivity index (χ0v) is 14.6. The minimum Gasteiger partial charge on any atom is -0.495 e. The van der Waals surface area contributed by atoms with Crippen LogP contribution < -0.4 is 15.0 Å². The lowest BCUT2D eigenvalue weighted by atomic mass is 10.0. The predicted octanol–water partition coefficient (Wildman–Crippen LogP) is 3.13. The number of aromatic nitrogens is 3. The van der Waals surface area contributed by atoms with Crippen molar-refractivity contribution < 1.29 is 4.74 Å². The molecule has 0 atom stereocenters. The fraction of sp³-hybridized carbons (Fsp3) is 0.368. The van der Waals surface area contributed by atoms with Crippen molar-refractivity contribution in [2.75, 3.05) is 30.4 Å². The number of nitrogens with one attached hydrogen (secondary N) is 1. The zero-order chi connectivity index (χ0) is 17.2. The number of ether oxygens (including phenoxy) is 1. The van der Waals surface area contributed by atoms with Gasteiger partial charge >= 0.3 is 0 Å². The van der Waals surface area contributed by atoms with Gasteiger partial charge < -0.3 is 15.0 Å². The van der Waals surface area contributed by atoms with E-state index >= 15 is 0 Å². The molecule has 0 unspecified atom stereocenters. The molecular formula is C19H23N5O. The summed E-state index contributed by atoms with van der Waals surface area (Å²) >= 11 is 0. The molecule has 6 nitrogen and oxygen atoms in total. The maximum Gasteiger partial charge on any atom is 0.152 e. The van der Waals surface area contributed by atoms with Crippen LogP contribution in [0.2, 0.25) is 0 Å². The van der Waals surface area contributed by atoms with Crippen LogP contribution in [0.4, 0.5) is 11.5 Å². The van der Waals surface area contributed by atoms with Gasteiger partial charge in [0.25, 0.3) is 0 Å². The number of benzene rings is 1. The smallest absolute Gasteiger partial charge is 0.152 e. The number of rotatable bonds is 4. The van der Waals surface area contributed by atoms with E-state index in [2.05, 4.69) is 38.5 Å². The van der Waals surface area contributed by atoms with Gasteiger partial charge in [0.1, 0.15) is 11.3 Å². The molecule has 1 aliphatic heterocycles. The van der Waals surface area contributed by atoms with E-state index in [1.54, 1.807) is 13.3 Å². The van der Waals surface area contributed by atoms with Gasteiger partial charge in [-0.15, -0.1) is 0 Å². The largest absolute Gasteiger partial charge is 0.495 e. The molecule has 0 amide bonds. The Kier molecular flexibility index (Phi) is 4.17. The van der Waals surface area contributed by atoms with E-state index in [4.69, 9.17) is 4.74 Å². The van der Waals surface area contributed by atoms with E-state index in [1.165, 1.54) is 5.69 Å².